The van der Waals surface area contributed by atoms with Gasteiger partial charge in [0.15, 0.2) is 5.69 Å². The molecule has 0 radical (unpaired) electrons. The Kier molecular flexibility index (Phi) is 6.87. The molecule has 4 rings (SSSR count). The highest BCUT2D eigenvalue weighted by molar-refractivity contribution is 7.99. The van der Waals surface area contributed by atoms with E-state index in [0.717, 1.165) is 48.4 Å². The summed E-state index contributed by atoms with van der Waals surface area (Å²) in [5.74, 6) is 2.91. The van der Waals surface area contributed by atoms with E-state index in [0.29, 0.717) is 6.54 Å². The highest BCUT2D eigenvalue weighted by atomic mass is 32.2. The molecule has 2 heterocycles. The van der Waals surface area contributed by atoms with Gasteiger partial charge in [-0.05, 0) is 41.0 Å². The predicted molar refractivity (Wildman–Crippen MR) is 123 cm³/mol. The summed E-state index contributed by atoms with van der Waals surface area (Å²) in [5.41, 5.74) is 2.84. The number of hydrogen-bond donors (Lipinski definition) is 2. The van der Waals surface area contributed by atoms with Crippen molar-refractivity contribution in [3.8, 4) is 18.0 Å². The van der Waals surface area contributed by atoms with Gasteiger partial charge in [-0.3, -0.25) is 9.69 Å². The average molecular weight is 434 g/mol. The Morgan fingerprint density at radius 1 is 1.13 bits per heavy atom. The fourth-order valence-corrected chi connectivity index (χ4v) is 4.31. The van der Waals surface area contributed by atoms with Crippen LogP contribution in [-0.4, -0.2) is 59.4 Å². The summed E-state index contributed by atoms with van der Waals surface area (Å²) in [6.45, 7) is 4.28. The lowest BCUT2D eigenvalue weighted by Gasteiger charge is -2.36. The number of benzene rings is 2. The fraction of sp³-hybridized carbons (Fsp3) is 0.261. The molecular weight excluding hydrogens is 408 g/mol. The summed E-state index contributed by atoms with van der Waals surface area (Å²) in [6, 6.07) is 17.8. The van der Waals surface area contributed by atoms with E-state index in [1.54, 1.807) is 6.33 Å². The Labute approximate surface area is 186 Å². The molecule has 3 aromatic rings. The molecule has 158 valence electrons. The molecule has 0 atom stereocenters. The van der Waals surface area contributed by atoms with Gasteiger partial charge < -0.3 is 10.2 Å². The van der Waals surface area contributed by atoms with Gasteiger partial charge in [-0.15, -0.1) is 11.1 Å². The minimum Gasteiger partial charge on any atom is -0.367 e. The van der Waals surface area contributed by atoms with Crippen LogP contribution >= 0.6 is 11.8 Å². The zero-order chi connectivity index (χ0) is 21.5. The van der Waals surface area contributed by atoms with Crippen LogP contribution in [0.15, 0.2) is 66.1 Å². The SMILES string of the molecule is C#CCN1CCN(c2ccccc2NC(=O)CSc2nc[nH][n+]2-c2ccccc2)CC1. The van der Waals surface area contributed by atoms with Crippen LogP contribution in [-0.2, 0) is 4.79 Å². The van der Waals surface area contributed by atoms with E-state index in [2.05, 4.69) is 37.2 Å². The molecule has 8 heteroatoms. The molecule has 1 aromatic heterocycles. The van der Waals surface area contributed by atoms with Gasteiger partial charge in [0.2, 0.25) is 12.2 Å². The second-order valence-electron chi connectivity index (χ2n) is 7.16. The van der Waals surface area contributed by atoms with E-state index >= 15 is 0 Å². The highest BCUT2D eigenvalue weighted by Crippen LogP contribution is 2.27. The third-order valence-electron chi connectivity index (χ3n) is 5.11. The molecule has 2 aromatic carbocycles. The maximum atomic E-state index is 12.7. The summed E-state index contributed by atoms with van der Waals surface area (Å²) in [5, 5.41) is 6.90. The van der Waals surface area contributed by atoms with Crippen LogP contribution in [0, 0.1) is 12.3 Å². The van der Waals surface area contributed by atoms with Gasteiger partial charge in [-0.25, -0.2) is 0 Å². The molecule has 7 nitrogen and oxygen atoms in total. The number of piperazine rings is 1. The molecule has 0 aliphatic carbocycles. The van der Waals surface area contributed by atoms with E-state index in [9.17, 15) is 4.79 Å². The molecule has 0 unspecified atom stereocenters. The van der Waals surface area contributed by atoms with E-state index < -0.39 is 0 Å². The number of terminal acetylenes is 1. The number of aromatic nitrogens is 3. The Morgan fingerprint density at radius 3 is 2.65 bits per heavy atom. The molecule has 0 spiro atoms. The topological polar surface area (TPSA) is 68.1 Å². The number of thioether (sulfide) groups is 1. The molecule has 2 N–H and O–H groups in total. The maximum Gasteiger partial charge on any atom is 0.385 e. The molecule has 31 heavy (non-hydrogen) atoms. The third kappa shape index (κ3) is 5.26. The number of amides is 1. The Bertz CT molecular complexity index is 1050. The van der Waals surface area contributed by atoms with Crippen LogP contribution in [0.3, 0.4) is 0 Å². The van der Waals surface area contributed by atoms with Gasteiger partial charge in [-0.2, -0.15) is 5.10 Å². The van der Waals surface area contributed by atoms with Crippen LogP contribution in [0.2, 0.25) is 0 Å². The number of rotatable bonds is 7. The Morgan fingerprint density at radius 2 is 1.87 bits per heavy atom. The number of nitrogens with one attached hydrogen (secondary N) is 2. The molecule has 1 fully saturated rings. The first-order valence-corrected chi connectivity index (χ1v) is 11.2. The van der Waals surface area contributed by atoms with Gasteiger partial charge in [0, 0.05) is 26.2 Å². The monoisotopic (exact) mass is 433 g/mol. The number of carbonyl (C=O) groups excluding carboxylic acids is 1. The second-order valence-corrected chi connectivity index (χ2v) is 8.10. The minimum atomic E-state index is -0.0639. The van der Waals surface area contributed by atoms with Gasteiger partial charge in [0.1, 0.15) is 0 Å². The van der Waals surface area contributed by atoms with Crippen molar-refractivity contribution >= 4 is 29.0 Å². The number of anilines is 2. The summed E-state index contributed by atoms with van der Waals surface area (Å²) in [6.07, 6.45) is 7.05. The van der Waals surface area contributed by atoms with Crippen molar-refractivity contribution in [2.45, 2.75) is 5.16 Å². The van der Waals surface area contributed by atoms with Crippen LogP contribution in [0.5, 0.6) is 0 Å². The lowest BCUT2D eigenvalue weighted by Crippen LogP contribution is -2.46. The average Bonchev–Trinajstić information content (AvgIpc) is 3.28. The first-order valence-electron chi connectivity index (χ1n) is 10.2. The van der Waals surface area contributed by atoms with Crippen molar-refractivity contribution in [3.63, 3.8) is 0 Å². The molecule has 1 aliphatic rings. The van der Waals surface area contributed by atoms with Gasteiger partial charge in [-0.1, -0.05) is 36.3 Å². The van der Waals surface area contributed by atoms with E-state index in [-0.39, 0.29) is 11.7 Å². The van der Waals surface area contributed by atoms with Crippen LogP contribution in [0.1, 0.15) is 0 Å². The van der Waals surface area contributed by atoms with Gasteiger partial charge in [0.25, 0.3) is 0 Å². The number of para-hydroxylation sites is 3. The molecule has 0 saturated carbocycles. The number of aromatic amines is 1. The number of nitrogens with zero attached hydrogens (tertiary/aromatic N) is 4. The van der Waals surface area contributed by atoms with Gasteiger partial charge >= 0.3 is 5.16 Å². The van der Waals surface area contributed by atoms with Crippen molar-refractivity contribution in [2.75, 3.05) is 48.7 Å². The quantitative estimate of drug-likeness (QED) is 0.340. The van der Waals surface area contributed by atoms with Crippen molar-refractivity contribution in [3.05, 3.63) is 60.9 Å². The third-order valence-corrected chi connectivity index (χ3v) is 6.06. The zero-order valence-corrected chi connectivity index (χ0v) is 18.0. The fourth-order valence-electron chi connectivity index (χ4n) is 3.57. The largest absolute Gasteiger partial charge is 0.385 e. The highest BCUT2D eigenvalue weighted by Gasteiger charge is 2.21. The summed E-state index contributed by atoms with van der Waals surface area (Å²) in [4.78, 5) is 21.6. The zero-order valence-electron chi connectivity index (χ0n) is 17.2. The summed E-state index contributed by atoms with van der Waals surface area (Å²) in [7, 11) is 0. The Hall–Kier alpha value is -3.28. The van der Waals surface area contributed by atoms with Crippen LogP contribution in [0.4, 0.5) is 11.4 Å². The normalized spacial score (nSPS) is 14.2. The van der Waals surface area contributed by atoms with Crippen molar-refractivity contribution in [2.24, 2.45) is 0 Å². The van der Waals surface area contributed by atoms with Gasteiger partial charge in [0.05, 0.1) is 23.7 Å². The second kappa shape index (κ2) is 10.2. The molecule has 0 bridgehead atoms. The Balaban J connectivity index is 1.37. The standard InChI is InChI=1S/C23H24N6OS/c1-2-12-27-13-15-28(16-14-27)21-11-7-6-10-20(21)26-22(30)17-31-23-24-18-25-29(23)19-8-4-3-5-9-19/h1,3-11,18H,12-17H2,(H,26,30)/p+1. The van der Waals surface area contributed by atoms with Crippen molar-refractivity contribution in [1.29, 1.82) is 0 Å². The summed E-state index contributed by atoms with van der Waals surface area (Å²) < 4.78 is 1.86. The lowest BCUT2D eigenvalue weighted by atomic mass is 10.2. The predicted octanol–water partition coefficient (Wildman–Crippen LogP) is 2.17. The van der Waals surface area contributed by atoms with Crippen molar-refractivity contribution < 1.29 is 9.48 Å². The molecular formula is C23H25N6OS+. The van der Waals surface area contributed by atoms with E-state index in [1.807, 2.05) is 53.2 Å². The number of carbonyl (C=O) groups is 1. The smallest absolute Gasteiger partial charge is 0.367 e. The molecule has 1 amide bonds. The number of hydrogen-bond acceptors (Lipinski definition) is 5. The van der Waals surface area contributed by atoms with Crippen molar-refractivity contribution in [1.82, 2.24) is 15.0 Å². The maximum absolute atomic E-state index is 12.7. The lowest BCUT2D eigenvalue weighted by molar-refractivity contribution is -0.694. The van der Waals surface area contributed by atoms with E-state index in [4.69, 9.17) is 6.42 Å². The van der Waals surface area contributed by atoms with Crippen LogP contribution in [0.25, 0.3) is 5.69 Å². The number of H-pyrrole nitrogens is 1. The minimum absolute atomic E-state index is 0.0639. The molecule has 1 saturated heterocycles. The van der Waals surface area contributed by atoms with Crippen LogP contribution < -0.4 is 14.9 Å². The first-order chi connectivity index (χ1) is 15.2. The summed E-state index contributed by atoms with van der Waals surface area (Å²) >= 11 is 1.39. The molecule has 1 aliphatic heterocycles. The first kappa shape index (κ1) is 21.0. The van der Waals surface area contributed by atoms with E-state index in [1.165, 1.54) is 11.8 Å².